The Hall–Kier alpha value is -2.53. The molecule has 2 aromatic carbocycles. The lowest BCUT2D eigenvalue weighted by molar-refractivity contribution is -0.137. The lowest BCUT2D eigenvalue weighted by Crippen LogP contribution is -2.11. The van der Waals surface area contributed by atoms with Crippen LogP contribution in [0.5, 0.6) is 0 Å². The predicted molar refractivity (Wildman–Crippen MR) is 91.7 cm³/mol. The van der Waals surface area contributed by atoms with Gasteiger partial charge >= 0.3 is 6.18 Å². The minimum Gasteiger partial charge on any atom is -0.343 e. The number of benzene rings is 2. The van der Waals surface area contributed by atoms with Gasteiger partial charge < -0.3 is 4.57 Å². The molecular formula is C19H13ClF3NO. The van der Waals surface area contributed by atoms with E-state index in [1.807, 2.05) is 30.3 Å². The van der Waals surface area contributed by atoms with Gasteiger partial charge in [-0.3, -0.25) is 4.79 Å². The van der Waals surface area contributed by atoms with Crippen molar-refractivity contribution in [2.24, 2.45) is 0 Å². The van der Waals surface area contributed by atoms with Crippen LogP contribution in [-0.2, 0) is 12.7 Å². The van der Waals surface area contributed by atoms with Gasteiger partial charge in [0.1, 0.15) is 0 Å². The summed E-state index contributed by atoms with van der Waals surface area (Å²) in [5, 5.41) is -0.414. The Balaban J connectivity index is 2.15. The number of alkyl halides is 3. The molecule has 0 saturated carbocycles. The molecule has 0 unspecified atom stereocenters. The van der Waals surface area contributed by atoms with Gasteiger partial charge in [0.2, 0.25) is 0 Å². The Labute approximate surface area is 147 Å². The molecule has 0 saturated heterocycles. The van der Waals surface area contributed by atoms with Crippen molar-refractivity contribution in [3.05, 3.63) is 93.2 Å². The number of aromatic nitrogens is 1. The monoisotopic (exact) mass is 363 g/mol. The molecule has 0 fully saturated rings. The first-order chi connectivity index (χ1) is 11.9. The third-order valence-electron chi connectivity index (χ3n) is 3.78. The molecule has 3 rings (SSSR count). The molecule has 128 valence electrons. The molecule has 2 nitrogen and oxygen atoms in total. The molecule has 1 heterocycles. The molecule has 3 aromatic rings. The second-order valence-corrected chi connectivity index (χ2v) is 5.90. The van der Waals surface area contributed by atoms with E-state index < -0.39 is 16.8 Å². The van der Waals surface area contributed by atoms with E-state index >= 15 is 0 Å². The first-order valence-corrected chi connectivity index (χ1v) is 7.84. The summed E-state index contributed by atoms with van der Waals surface area (Å²) in [6.07, 6.45) is -3.01. The molecule has 25 heavy (non-hydrogen) atoms. The lowest BCUT2D eigenvalue weighted by atomic mass is 10.1. The summed E-state index contributed by atoms with van der Waals surface area (Å²) < 4.78 is 41.1. The van der Waals surface area contributed by atoms with Crippen LogP contribution in [0.1, 0.15) is 11.1 Å². The van der Waals surface area contributed by atoms with Gasteiger partial charge in [0.25, 0.3) is 0 Å². The second kappa shape index (κ2) is 6.76. The second-order valence-electron chi connectivity index (χ2n) is 5.53. The maximum Gasteiger partial charge on any atom is 0.417 e. The number of hydrogen-bond donors (Lipinski definition) is 0. The summed E-state index contributed by atoms with van der Waals surface area (Å²) in [6.45, 7) is 0.406. The van der Waals surface area contributed by atoms with Gasteiger partial charge in [-0.2, -0.15) is 13.2 Å². The van der Waals surface area contributed by atoms with E-state index in [1.54, 1.807) is 10.8 Å². The first-order valence-electron chi connectivity index (χ1n) is 7.47. The highest BCUT2D eigenvalue weighted by molar-refractivity contribution is 6.34. The first kappa shape index (κ1) is 17.3. The van der Waals surface area contributed by atoms with Crippen LogP contribution in [0.15, 0.2) is 71.7 Å². The number of halogens is 4. The summed E-state index contributed by atoms with van der Waals surface area (Å²) in [4.78, 5) is 11.8. The third-order valence-corrected chi connectivity index (χ3v) is 4.19. The zero-order chi connectivity index (χ0) is 18.0. The highest BCUT2D eigenvalue weighted by Crippen LogP contribution is 2.39. The van der Waals surface area contributed by atoms with Crippen molar-refractivity contribution < 1.29 is 13.2 Å². The van der Waals surface area contributed by atoms with E-state index in [-0.39, 0.29) is 11.0 Å². The minimum atomic E-state index is -4.56. The molecule has 0 atom stereocenters. The smallest absolute Gasteiger partial charge is 0.343 e. The Kier molecular flexibility index (Phi) is 4.68. The Bertz CT molecular complexity index is 949. The molecule has 0 bridgehead atoms. The van der Waals surface area contributed by atoms with Crippen LogP contribution in [0, 0.1) is 0 Å². The van der Waals surface area contributed by atoms with Crippen LogP contribution < -0.4 is 5.43 Å². The average molecular weight is 364 g/mol. The van der Waals surface area contributed by atoms with Crippen LogP contribution >= 0.6 is 11.6 Å². The van der Waals surface area contributed by atoms with Crippen molar-refractivity contribution in [1.82, 2.24) is 4.57 Å². The van der Waals surface area contributed by atoms with Crippen molar-refractivity contribution >= 4 is 11.6 Å². The summed E-state index contributed by atoms with van der Waals surface area (Å²) in [6, 6.07) is 15.8. The Morgan fingerprint density at radius 2 is 1.68 bits per heavy atom. The van der Waals surface area contributed by atoms with Gasteiger partial charge in [-0.05, 0) is 11.6 Å². The SMILES string of the molecule is O=c1ccn(Cc2ccccc2)c(-c2cccc(C(F)(F)F)c2Cl)c1. The fourth-order valence-corrected chi connectivity index (χ4v) is 2.94. The number of hydrogen-bond acceptors (Lipinski definition) is 1. The number of pyridine rings is 1. The molecule has 0 amide bonds. The van der Waals surface area contributed by atoms with E-state index in [2.05, 4.69) is 0 Å². The quantitative estimate of drug-likeness (QED) is 0.624. The Morgan fingerprint density at radius 3 is 2.36 bits per heavy atom. The van der Waals surface area contributed by atoms with E-state index in [9.17, 15) is 18.0 Å². The summed E-state index contributed by atoms with van der Waals surface area (Å²) in [5.74, 6) is 0. The minimum absolute atomic E-state index is 0.171. The van der Waals surface area contributed by atoms with Crippen molar-refractivity contribution in [3.8, 4) is 11.3 Å². The number of nitrogens with zero attached hydrogens (tertiary/aromatic N) is 1. The molecule has 0 aliphatic heterocycles. The maximum atomic E-state index is 13.1. The number of rotatable bonds is 3. The van der Waals surface area contributed by atoms with Crippen LogP contribution in [-0.4, -0.2) is 4.57 Å². The van der Waals surface area contributed by atoms with Gasteiger partial charge in [-0.1, -0.05) is 54.1 Å². The molecule has 0 spiro atoms. The normalized spacial score (nSPS) is 11.5. The van der Waals surface area contributed by atoms with Gasteiger partial charge in [-0.25, -0.2) is 0 Å². The summed E-state index contributed by atoms with van der Waals surface area (Å²) >= 11 is 6.02. The van der Waals surface area contributed by atoms with Crippen molar-refractivity contribution in [1.29, 1.82) is 0 Å². The molecule has 0 N–H and O–H groups in total. The predicted octanol–water partition coefficient (Wildman–Crippen LogP) is 5.24. The Morgan fingerprint density at radius 1 is 0.960 bits per heavy atom. The lowest BCUT2D eigenvalue weighted by Gasteiger charge is -2.17. The van der Waals surface area contributed by atoms with Crippen molar-refractivity contribution in [2.75, 3.05) is 0 Å². The van der Waals surface area contributed by atoms with E-state index in [0.29, 0.717) is 12.2 Å². The highest BCUT2D eigenvalue weighted by Gasteiger charge is 2.34. The summed E-state index contributed by atoms with van der Waals surface area (Å²) in [5.41, 5.74) is 0.245. The maximum absolute atomic E-state index is 13.1. The fourth-order valence-electron chi connectivity index (χ4n) is 2.61. The zero-order valence-electron chi connectivity index (χ0n) is 12.9. The van der Waals surface area contributed by atoms with E-state index in [0.717, 1.165) is 11.6 Å². The average Bonchev–Trinajstić information content (AvgIpc) is 2.57. The molecule has 6 heteroatoms. The van der Waals surface area contributed by atoms with Crippen molar-refractivity contribution in [2.45, 2.75) is 12.7 Å². The topological polar surface area (TPSA) is 22.0 Å². The van der Waals surface area contributed by atoms with E-state index in [4.69, 9.17) is 11.6 Å². The van der Waals surface area contributed by atoms with Crippen LogP contribution in [0.3, 0.4) is 0 Å². The molecule has 1 aromatic heterocycles. The fraction of sp³-hybridized carbons (Fsp3) is 0.105. The van der Waals surface area contributed by atoms with Gasteiger partial charge in [0, 0.05) is 30.4 Å². The van der Waals surface area contributed by atoms with Crippen LogP contribution in [0.2, 0.25) is 5.02 Å². The molecular weight excluding hydrogens is 351 g/mol. The largest absolute Gasteiger partial charge is 0.417 e. The van der Waals surface area contributed by atoms with Gasteiger partial charge in [0.15, 0.2) is 5.43 Å². The van der Waals surface area contributed by atoms with Crippen LogP contribution in [0.25, 0.3) is 11.3 Å². The molecule has 0 aliphatic rings. The summed E-state index contributed by atoms with van der Waals surface area (Å²) in [7, 11) is 0. The third kappa shape index (κ3) is 3.77. The molecule has 0 radical (unpaired) electrons. The van der Waals surface area contributed by atoms with E-state index in [1.165, 1.54) is 24.3 Å². The van der Waals surface area contributed by atoms with Gasteiger partial charge in [0.05, 0.1) is 16.3 Å². The van der Waals surface area contributed by atoms with Gasteiger partial charge in [-0.15, -0.1) is 0 Å². The van der Waals surface area contributed by atoms with Crippen molar-refractivity contribution in [3.63, 3.8) is 0 Å². The highest BCUT2D eigenvalue weighted by atomic mass is 35.5. The zero-order valence-corrected chi connectivity index (χ0v) is 13.7. The van der Waals surface area contributed by atoms with Crippen LogP contribution in [0.4, 0.5) is 13.2 Å². The standard InChI is InChI=1S/C19H13ClF3NO/c20-18-15(7-4-8-16(18)19(21,22)23)17-11-14(25)9-10-24(17)12-13-5-2-1-3-6-13/h1-11H,12H2. The molecule has 0 aliphatic carbocycles.